The highest BCUT2D eigenvalue weighted by Crippen LogP contribution is 2.21. The zero-order valence-electron chi connectivity index (χ0n) is 7.50. The third-order valence-electron chi connectivity index (χ3n) is 1.56. The molecule has 0 fully saturated rings. The maximum absolute atomic E-state index is 10.9. The third-order valence-corrected chi connectivity index (χ3v) is 2.12. The molecule has 0 aliphatic rings. The number of hydrogen-bond acceptors (Lipinski definition) is 2. The summed E-state index contributed by atoms with van der Waals surface area (Å²) in [5, 5.41) is 11.1. The molecule has 0 saturated heterocycles. The minimum atomic E-state index is -0.497. The van der Waals surface area contributed by atoms with Crippen molar-refractivity contribution in [1.82, 2.24) is 5.32 Å². The van der Waals surface area contributed by atoms with Crippen molar-refractivity contribution >= 4 is 35.2 Å². The van der Waals surface area contributed by atoms with Crippen LogP contribution >= 0.6 is 23.2 Å². The SMILES string of the molecule is N#CNC(=O)C=Cc1ccc(Cl)cc1Cl. The minimum absolute atomic E-state index is 0.448. The lowest BCUT2D eigenvalue weighted by molar-refractivity contribution is -0.115. The van der Waals surface area contributed by atoms with E-state index in [0.29, 0.717) is 15.6 Å². The van der Waals surface area contributed by atoms with Crippen LogP contribution in [0.25, 0.3) is 6.08 Å². The summed E-state index contributed by atoms with van der Waals surface area (Å²) >= 11 is 11.6. The molecule has 0 atom stereocenters. The highest BCUT2D eigenvalue weighted by molar-refractivity contribution is 6.35. The zero-order chi connectivity index (χ0) is 11.3. The van der Waals surface area contributed by atoms with Crippen LogP contribution in [-0.2, 0) is 4.79 Å². The normalized spacial score (nSPS) is 9.93. The Labute approximate surface area is 96.9 Å². The van der Waals surface area contributed by atoms with Crippen LogP contribution in [0.15, 0.2) is 24.3 Å². The maximum Gasteiger partial charge on any atom is 0.256 e. The van der Waals surface area contributed by atoms with Gasteiger partial charge in [0.2, 0.25) is 0 Å². The Kier molecular flexibility index (Phi) is 4.17. The van der Waals surface area contributed by atoms with Gasteiger partial charge < -0.3 is 0 Å². The van der Waals surface area contributed by atoms with E-state index in [9.17, 15) is 4.79 Å². The lowest BCUT2D eigenvalue weighted by Gasteiger charge is -1.97. The second-order valence-corrected chi connectivity index (χ2v) is 3.44. The highest BCUT2D eigenvalue weighted by Gasteiger charge is 1.98. The van der Waals surface area contributed by atoms with Crippen molar-refractivity contribution in [2.75, 3.05) is 0 Å². The summed E-state index contributed by atoms with van der Waals surface area (Å²) < 4.78 is 0. The number of rotatable bonds is 2. The molecule has 3 nitrogen and oxygen atoms in total. The monoisotopic (exact) mass is 240 g/mol. The molecule has 15 heavy (non-hydrogen) atoms. The number of nitrogens with one attached hydrogen (secondary N) is 1. The molecule has 0 unspecified atom stereocenters. The standard InChI is InChI=1S/C10H6Cl2N2O/c11-8-3-1-7(9(12)5-8)2-4-10(15)14-6-13/h1-5H,(H,14,15). The number of carbonyl (C=O) groups excluding carboxylic acids is 1. The summed E-state index contributed by atoms with van der Waals surface area (Å²) in [6, 6.07) is 4.92. The first-order valence-corrected chi connectivity index (χ1v) is 4.71. The topological polar surface area (TPSA) is 52.9 Å². The van der Waals surface area contributed by atoms with E-state index in [1.165, 1.54) is 18.3 Å². The van der Waals surface area contributed by atoms with Gasteiger partial charge in [-0.2, -0.15) is 5.26 Å². The first-order chi connectivity index (χ1) is 7.13. The van der Waals surface area contributed by atoms with Gasteiger partial charge in [0.05, 0.1) is 0 Å². The molecule has 1 aromatic rings. The maximum atomic E-state index is 10.9. The predicted octanol–water partition coefficient (Wildman–Crippen LogP) is 2.60. The number of carbonyl (C=O) groups is 1. The van der Waals surface area contributed by atoms with Crippen LogP contribution in [0.2, 0.25) is 10.0 Å². The van der Waals surface area contributed by atoms with Crippen LogP contribution in [0, 0.1) is 11.5 Å². The molecule has 1 N–H and O–H groups in total. The van der Waals surface area contributed by atoms with Gasteiger partial charge in [-0.05, 0) is 23.8 Å². The number of nitrogens with zero attached hydrogens (tertiary/aromatic N) is 1. The average Bonchev–Trinajstić information content (AvgIpc) is 2.17. The predicted molar refractivity (Wildman–Crippen MR) is 59.3 cm³/mol. The van der Waals surface area contributed by atoms with E-state index >= 15 is 0 Å². The first-order valence-electron chi connectivity index (χ1n) is 3.95. The van der Waals surface area contributed by atoms with E-state index in [1.807, 2.05) is 5.32 Å². The minimum Gasteiger partial charge on any atom is -0.269 e. The summed E-state index contributed by atoms with van der Waals surface area (Å²) in [7, 11) is 0. The Balaban J connectivity index is 2.82. The molecule has 0 aliphatic carbocycles. The van der Waals surface area contributed by atoms with E-state index in [1.54, 1.807) is 18.2 Å². The van der Waals surface area contributed by atoms with E-state index in [4.69, 9.17) is 28.5 Å². The molecule has 0 heterocycles. The van der Waals surface area contributed by atoms with Gasteiger partial charge in [0, 0.05) is 16.1 Å². The third kappa shape index (κ3) is 3.62. The summed E-state index contributed by atoms with van der Waals surface area (Å²) in [6.07, 6.45) is 4.25. The number of benzene rings is 1. The van der Waals surface area contributed by atoms with Crippen molar-refractivity contribution in [3.05, 3.63) is 39.9 Å². The van der Waals surface area contributed by atoms with Gasteiger partial charge in [-0.15, -0.1) is 0 Å². The van der Waals surface area contributed by atoms with E-state index in [-0.39, 0.29) is 0 Å². The van der Waals surface area contributed by atoms with Crippen molar-refractivity contribution < 1.29 is 4.79 Å². The Morgan fingerprint density at radius 1 is 1.47 bits per heavy atom. The summed E-state index contributed by atoms with van der Waals surface area (Å²) in [4.78, 5) is 10.9. The van der Waals surface area contributed by atoms with Crippen molar-refractivity contribution in [3.63, 3.8) is 0 Å². The van der Waals surface area contributed by atoms with Gasteiger partial charge in [0.25, 0.3) is 5.91 Å². The Hall–Kier alpha value is -1.50. The number of amides is 1. The summed E-state index contributed by atoms with van der Waals surface area (Å²) in [6.45, 7) is 0. The Morgan fingerprint density at radius 2 is 2.20 bits per heavy atom. The van der Waals surface area contributed by atoms with Crippen LogP contribution < -0.4 is 5.32 Å². The van der Waals surface area contributed by atoms with Gasteiger partial charge in [-0.1, -0.05) is 29.3 Å². The van der Waals surface area contributed by atoms with Crippen molar-refractivity contribution in [2.45, 2.75) is 0 Å². The molecule has 1 amide bonds. The lowest BCUT2D eigenvalue weighted by Crippen LogP contribution is -2.13. The van der Waals surface area contributed by atoms with Crippen molar-refractivity contribution in [1.29, 1.82) is 5.26 Å². The molecule has 1 aromatic carbocycles. The van der Waals surface area contributed by atoms with Gasteiger partial charge in [0.15, 0.2) is 6.19 Å². The molecular weight excluding hydrogens is 235 g/mol. The van der Waals surface area contributed by atoms with Gasteiger partial charge in [-0.25, -0.2) is 0 Å². The smallest absolute Gasteiger partial charge is 0.256 e. The Morgan fingerprint density at radius 3 is 2.80 bits per heavy atom. The number of halogens is 2. The second kappa shape index (κ2) is 5.40. The zero-order valence-corrected chi connectivity index (χ0v) is 9.01. The molecule has 0 saturated carbocycles. The molecular formula is C10H6Cl2N2O. The number of hydrogen-bond donors (Lipinski definition) is 1. The summed E-state index contributed by atoms with van der Waals surface area (Å²) in [5.41, 5.74) is 0.661. The molecule has 0 aromatic heterocycles. The van der Waals surface area contributed by atoms with Gasteiger partial charge >= 0.3 is 0 Å². The van der Waals surface area contributed by atoms with Crippen LogP contribution in [0.5, 0.6) is 0 Å². The summed E-state index contributed by atoms with van der Waals surface area (Å²) in [5.74, 6) is -0.497. The first kappa shape index (κ1) is 11.6. The molecule has 0 radical (unpaired) electrons. The van der Waals surface area contributed by atoms with E-state index in [0.717, 1.165) is 0 Å². The fourth-order valence-corrected chi connectivity index (χ4v) is 1.37. The molecule has 76 valence electrons. The number of nitriles is 1. The van der Waals surface area contributed by atoms with Crippen LogP contribution in [0.1, 0.15) is 5.56 Å². The average molecular weight is 241 g/mol. The lowest BCUT2D eigenvalue weighted by atomic mass is 10.2. The molecule has 0 spiro atoms. The highest BCUT2D eigenvalue weighted by atomic mass is 35.5. The van der Waals surface area contributed by atoms with E-state index in [2.05, 4.69) is 0 Å². The fraction of sp³-hybridized carbons (Fsp3) is 0. The Bertz CT molecular complexity index is 449. The molecule has 1 rings (SSSR count). The molecule has 0 aliphatic heterocycles. The van der Waals surface area contributed by atoms with Crippen LogP contribution in [0.4, 0.5) is 0 Å². The van der Waals surface area contributed by atoms with E-state index < -0.39 is 5.91 Å². The molecule has 0 bridgehead atoms. The quantitative estimate of drug-likeness (QED) is 0.491. The fourth-order valence-electron chi connectivity index (χ4n) is 0.899. The van der Waals surface area contributed by atoms with Gasteiger partial charge in [0.1, 0.15) is 0 Å². The van der Waals surface area contributed by atoms with Crippen LogP contribution in [-0.4, -0.2) is 5.91 Å². The van der Waals surface area contributed by atoms with Crippen molar-refractivity contribution in [3.8, 4) is 6.19 Å². The molecule has 5 heteroatoms. The van der Waals surface area contributed by atoms with Gasteiger partial charge in [-0.3, -0.25) is 10.1 Å². The van der Waals surface area contributed by atoms with Crippen molar-refractivity contribution in [2.24, 2.45) is 0 Å². The van der Waals surface area contributed by atoms with Crippen LogP contribution in [0.3, 0.4) is 0 Å². The largest absolute Gasteiger partial charge is 0.269 e. The second-order valence-electron chi connectivity index (χ2n) is 2.60.